The number of allylic oxidation sites excluding steroid dienone is 2. The van der Waals surface area contributed by atoms with Crippen molar-refractivity contribution in [2.24, 2.45) is 14.1 Å². The van der Waals surface area contributed by atoms with Crippen molar-refractivity contribution in [3.63, 3.8) is 0 Å². The Bertz CT molecular complexity index is 3540. The molecular formula is C50H26N2O4S3. The quantitative estimate of drug-likeness (QED) is 0.0989. The van der Waals surface area contributed by atoms with Crippen LogP contribution in [0.5, 0.6) is 0 Å². The Labute approximate surface area is 346 Å². The summed E-state index contributed by atoms with van der Waals surface area (Å²) >= 11 is 4.91. The van der Waals surface area contributed by atoms with E-state index in [0.717, 1.165) is 93.7 Å². The van der Waals surface area contributed by atoms with Gasteiger partial charge in [0.1, 0.15) is 0 Å². The molecule has 278 valence electrons. The number of aryl methyl sites for hydroxylation is 2. The third kappa shape index (κ3) is 4.44. The summed E-state index contributed by atoms with van der Waals surface area (Å²) in [6, 6.07) is 36.1. The number of hydrogen-bond donors (Lipinski definition) is 0. The van der Waals surface area contributed by atoms with Crippen LogP contribution in [0.25, 0.3) is 96.1 Å². The fraction of sp³-hybridized carbons (Fsp3) is 0.0400. The van der Waals surface area contributed by atoms with Crippen molar-refractivity contribution in [2.45, 2.75) is 0 Å². The highest BCUT2D eigenvalue weighted by Crippen LogP contribution is 2.49. The minimum Gasteiger partial charge on any atom is -0.340 e. The van der Waals surface area contributed by atoms with E-state index in [-0.39, 0.29) is 34.3 Å². The minimum atomic E-state index is -0.234. The molecule has 0 spiro atoms. The molecule has 0 saturated carbocycles. The fourth-order valence-corrected chi connectivity index (χ4v) is 13.3. The zero-order valence-corrected chi connectivity index (χ0v) is 33.7. The van der Waals surface area contributed by atoms with Gasteiger partial charge in [0.25, 0.3) is 0 Å². The van der Waals surface area contributed by atoms with Gasteiger partial charge in [0.15, 0.2) is 23.1 Å². The molecule has 59 heavy (non-hydrogen) atoms. The van der Waals surface area contributed by atoms with Crippen LogP contribution in [0.4, 0.5) is 0 Å². The first-order valence-electron chi connectivity index (χ1n) is 19.2. The van der Waals surface area contributed by atoms with E-state index in [1.54, 1.807) is 46.2 Å². The molecule has 2 aliphatic rings. The number of benzene rings is 6. The third-order valence-corrected chi connectivity index (χ3v) is 16.0. The monoisotopic (exact) mass is 814 g/mol. The predicted molar refractivity (Wildman–Crippen MR) is 244 cm³/mol. The molecule has 5 heterocycles. The summed E-state index contributed by atoms with van der Waals surface area (Å²) in [4.78, 5) is 56.8. The largest absolute Gasteiger partial charge is 0.340 e. The molecule has 0 saturated heterocycles. The molecule has 0 unspecified atom stereocenters. The molecule has 0 bridgehead atoms. The van der Waals surface area contributed by atoms with E-state index < -0.39 is 0 Å². The maximum atomic E-state index is 13.8. The van der Waals surface area contributed by atoms with Gasteiger partial charge in [-0.05, 0) is 116 Å². The van der Waals surface area contributed by atoms with Crippen LogP contribution in [-0.4, -0.2) is 32.3 Å². The SMILES string of the molecule is Cn1c2cc(C=C3C(=O)c4cc5cc6ccccc6cc5cc4C3=O)sc2c2sc3c4sc(C=C5C(=O)c6cc7cc8ccccc8cc7cc6C5=O)cc4n(C)c3c21. The van der Waals surface area contributed by atoms with Gasteiger partial charge in [-0.15, -0.1) is 34.0 Å². The van der Waals surface area contributed by atoms with Crippen LogP contribution in [0.1, 0.15) is 51.2 Å². The highest BCUT2D eigenvalue weighted by molar-refractivity contribution is 7.34. The number of carbonyl (C=O) groups is 4. The van der Waals surface area contributed by atoms with Gasteiger partial charge in [0.2, 0.25) is 0 Å². The van der Waals surface area contributed by atoms with Crippen LogP contribution in [0.3, 0.4) is 0 Å². The molecule has 0 radical (unpaired) electrons. The lowest BCUT2D eigenvalue weighted by atomic mass is 9.99. The van der Waals surface area contributed by atoms with Crippen molar-refractivity contribution in [3.8, 4) is 0 Å². The van der Waals surface area contributed by atoms with Crippen molar-refractivity contribution in [2.75, 3.05) is 0 Å². The number of carbonyl (C=O) groups excluding carboxylic acids is 4. The molecule has 6 nitrogen and oxygen atoms in total. The molecular weight excluding hydrogens is 789 g/mol. The van der Waals surface area contributed by atoms with Crippen molar-refractivity contribution >= 4 is 153 Å². The predicted octanol–water partition coefficient (Wildman–Crippen LogP) is 12.7. The summed E-state index contributed by atoms with van der Waals surface area (Å²) in [7, 11) is 4.13. The number of fused-ring (bicyclic) bond motifs is 13. The lowest BCUT2D eigenvalue weighted by Gasteiger charge is -2.04. The van der Waals surface area contributed by atoms with Crippen LogP contribution in [0.15, 0.2) is 120 Å². The minimum absolute atomic E-state index is 0.199. The summed E-state index contributed by atoms with van der Waals surface area (Å²) in [5.41, 5.74) is 6.59. The smallest absolute Gasteiger partial charge is 0.197 e. The molecule has 5 aromatic heterocycles. The third-order valence-electron chi connectivity index (χ3n) is 12.3. The number of ketones is 4. The number of aromatic nitrogens is 2. The van der Waals surface area contributed by atoms with Crippen LogP contribution in [0.2, 0.25) is 0 Å². The van der Waals surface area contributed by atoms with Gasteiger partial charge in [-0.3, -0.25) is 19.2 Å². The zero-order chi connectivity index (χ0) is 39.6. The second-order valence-corrected chi connectivity index (χ2v) is 18.8. The van der Waals surface area contributed by atoms with E-state index in [9.17, 15) is 19.2 Å². The van der Waals surface area contributed by atoms with Gasteiger partial charge < -0.3 is 9.13 Å². The highest BCUT2D eigenvalue weighted by atomic mass is 32.1. The average Bonchev–Trinajstić information content (AvgIpc) is 4.10. The second-order valence-electron chi connectivity index (χ2n) is 15.6. The molecule has 0 N–H and O–H groups in total. The van der Waals surface area contributed by atoms with E-state index in [1.807, 2.05) is 48.5 Å². The molecule has 2 aliphatic carbocycles. The number of hydrogen-bond acceptors (Lipinski definition) is 7. The van der Waals surface area contributed by atoms with Gasteiger partial charge >= 0.3 is 0 Å². The number of Topliss-reactive ketones (excluding diaryl/α,β-unsaturated/α-hetero) is 4. The first-order valence-corrected chi connectivity index (χ1v) is 21.6. The van der Waals surface area contributed by atoms with Crippen LogP contribution in [-0.2, 0) is 14.1 Å². The van der Waals surface area contributed by atoms with Crippen LogP contribution >= 0.6 is 34.0 Å². The van der Waals surface area contributed by atoms with E-state index in [4.69, 9.17) is 0 Å². The Balaban J connectivity index is 0.869. The normalized spacial score (nSPS) is 14.3. The van der Waals surface area contributed by atoms with E-state index in [1.165, 1.54) is 0 Å². The summed E-state index contributed by atoms with van der Waals surface area (Å²) in [5, 5.41) is 8.13. The zero-order valence-electron chi connectivity index (χ0n) is 31.3. The summed E-state index contributed by atoms with van der Waals surface area (Å²) in [6.07, 6.45) is 3.53. The van der Waals surface area contributed by atoms with E-state index >= 15 is 0 Å². The number of thiophene rings is 3. The van der Waals surface area contributed by atoms with Crippen molar-refractivity contribution in [1.82, 2.24) is 9.13 Å². The molecule has 0 amide bonds. The van der Waals surface area contributed by atoms with Gasteiger partial charge in [0, 0.05) is 46.1 Å². The van der Waals surface area contributed by atoms with Crippen LogP contribution in [0, 0.1) is 0 Å². The Kier molecular flexibility index (Phi) is 6.45. The van der Waals surface area contributed by atoms with Gasteiger partial charge in [-0.1, -0.05) is 48.5 Å². The lowest BCUT2D eigenvalue weighted by molar-refractivity contribution is 0.0975. The van der Waals surface area contributed by atoms with Crippen molar-refractivity contribution in [3.05, 3.63) is 152 Å². The lowest BCUT2D eigenvalue weighted by Crippen LogP contribution is -1.99. The molecule has 6 aromatic carbocycles. The number of nitrogens with zero attached hydrogens (tertiary/aromatic N) is 2. The van der Waals surface area contributed by atoms with Crippen LogP contribution < -0.4 is 0 Å². The first-order chi connectivity index (χ1) is 28.7. The molecule has 13 rings (SSSR count). The highest BCUT2D eigenvalue weighted by Gasteiger charge is 2.35. The molecule has 11 aromatic rings. The standard InChI is InChI=1S/C50H26N2O4S3/c1-51-39-21-31(19-37-43(53)33-15-27-11-23-7-3-4-8-24(23)12-28(27)16-34(33)44(37)54)57-47(39)49-41(51)42-50(59-49)48-40(52(42)2)22-32(58-48)20-38-45(55)35-17-29-13-25-9-5-6-10-26(25)14-30(29)18-36(35)46(38)56/h3-22H,1-2H3. The second kappa shape index (κ2) is 11.4. The molecule has 0 atom stereocenters. The fourth-order valence-electron chi connectivity index (χ4n) is 9.42. The Morgan fingerprint density at radius 1 is 0.390 bits per heavy atom. The topological polar surface area (TPSA) is 78.1 Å². The van der Waals surface area contributed by atoms with Crippen molar-refractivity contribution in [1.29, 1.82) is 0 Å². The Morgan fingerprint density at radius 3 is 1.03 bits per heavy atom. The summed E-state index contributed by atoms with van der Waals surface area (Å²) < 4.78 is 8.92. The Morgan fingerprint density at radius 2 is 0.712 bits per heavy atom. The maximum absolute atomic E-state index is 13.8. The van der Waals surface area contributed by atoms with Gasteiger partial charge in [-0.2, -0.15) is 0 Å². The van der Waals surface area contributed by atoms with Gasteiger partial charge in [0.05, 0.1) is 52.0 Å². The summed E-state index contributed by atoms with van der Waals surface area (Å²) in [6.45, 7) is 0. The average molecular weight is 815 g/mol. The van der Waals surface area contributed by atoms with E-state index in [0.29, 0.717) is 22.3 Å². The maximum Gasteiger partial charge on any atom is 0.197 e. The van der Waals surface area contributed by atoms with Crippen molar-refractivity contribution < 1.29 is 19.2 Å². The molecule has 0 fully saturated rings. The van der Waals surface area contributed by atoms with Gasteiger partial charge in [-0.25, -0.2) is 0 Å². The molecule has 0 aliphatic heterocycles. The Hall–Kier alpha value is -6.78. The molecule has 9 heteroatoms. The first kappa shape index (κ1) is 33.2. The number of rotatable bonds is 2. The van der Waals surface area contributed by atoms with E-state index in [2.05, 4.69) is 83.9 Å². The summed E-state index contributed by atoms with van der Waals surface area (Å²) in [5.74, 6) is -0.936.